The van der Waals surface area contributed by atoms with Crippen molar-refractivity contribution in [1.82, 2.24) is 4.90 Å². The van der Waals surface area contributed by atoms with Crippen molar-refractivity contribution in [1.29, 1.82) is 0 Å². The van der Waals surface area contributed by atoms with E-state index in [0.29, 0.717) is 17.0 Å². The van der Waals surface area contributed by atoms with Crippen LogP contribution >= 0.6 is 0 Å². The molecule has 0 N–H and O–H groups in total. The quantitative estimate of drug-likeness (QED) is 0.647. The highest BCUT2D eigenvalue weighted by atomic mass is 16.5. The monoisotopic (exact) mass is 333 g/mol. The summed E-state index contributed by atoms with van der Waals surface area (Å²) in [6.07, 6.45) is 3.82. The Kier molecular flexibility index (Phi) is 7.79. The third-order valence-electron chi connectivity index (χ3n) is 4.83. The van der Waals surface area contributed by atoms with Crippen LogP contribution in [0.5, 0.6) is 5.75 Å². The topological polar surface area (TPSA) is 12.5 Å². The molecule has 0 spiro atoms. The molecule has 0 radical (unpaired) electrons. The molecule has 2 heteroatoms. The first kappa shape index (κ1) is 21.0. The van der Waals surface area contributed by atoms with Crippen LogP contribution in [-0.4, -0.2) is 29.1 Å². The zero-order valence-corrected chi connectivity index (χ0v) is 17.3. The van der Waals surface area contributed by atoms with Crippen molar-refractivity contribution < 1.29 is 4.74 Å². The maximum absolute atomic E-state index is 5.97. The third-order valence-corrected chi connectivity index (χ3v) is 4.83. The van der Waals surface area contributed by atoms with Crippen molar-refractivity contribution in [3.63, 3.8) is 0 Å². The van der Waals surface area contributed by atoms with E-state index in [0.717, 1.165) is 18.9 Å². The molecule has 24 heavy (non-hydrogen) atoms. The van der Waals surface area contributed by atoms with Crippen LogP contribution in [0.4, 0.5) is 0 Å². The molecule has 0 bridgehead atoms. The Hall–Kier alpha value is -1.02. The Morgan fingerprint density at radius 1 is 1.08 bits per heavy atom. The molecule has 1 aliphatic heterocycles. The predicted octanol–water partition coefficient (Wildman–Crippen LogP) is 6.08. The molecule has 1 atom stereocenters. The van der Waals surface area contributed by atoms with Gasteiger partial charge in [0.1, 0.15) is 5.75 Å². The van der Waals surface area contributed by atoms with Crippen LogP contribution in [0.2, 0.25) is 0 Å². The van der Waals surface area contributed by atoms with Gasteiger partial charge in [-0.2, -0.15) is 0 Å². The summed E-state index contributed by atoms with van der Waals surface area (Å²) >= 11 is 0. The van der Waals surface area contributed by atoms with Crippen molar-refractivity contribution in [2.75, 3.05) is 13.2 Å². The number of aryl methyl sites for hydroxylation is 1. The lowest BCUT2D eigenvalue weighted by Crippen LogP contribution is -2.50. The molecule has 1 heterocycles. The Morgan fingerprint density at radius 3 is 2.12 bits per heavy atom. The van der Waals surface area contributed by atoms with Crippen molar-refractivity contribution in [3.05, 3.63) is 29.8 Å². The van der Waals surface area contributed by atoms with Crippen molar-refractivity contribution in [3.8, 4) is 5.75 Å². The second-order valence-electron chi connectivity index (χ2n) is 8.68. The molecular weight excluding hydrogens is 294 g/mol. The minimum atomic E-state index is 0.307. The molecule has 138 valence electrons. The van der Waals surface area contributed by atoms with Crippen LogP contribution < -0.4 is 4.74 Å². The van der Waals surface area contributed by atoms with Gasteiger partial charge >= 0.3 is 0 Å². The first-order valence-corrected chi connectivity index (χ1v) is 9.59. The Morgan fingerprint density at radius 2 is 1.62 bits per heavy atom. The van der Waals surface area contributed by atoms with Crippen LogP contribution in [0.1, 0.15) is 73.3 Å². The van der Waals surface area contributed by atoms with Gasteiger partial charge in [-0.25, -0.2) is 0 Å². The highest BCUT2D eigenvalue weighted by Crippen LogP contribution is 2.40. The number of hydrogen-bond donors (Lipinski definition) is 0. The first-order chi connectivity index (χ1) is 11.1. The molecule has 1 aromatic rings. The fourth-order valence-corrected chi connectivity index (χ4v) is 3.50. The van der Waals surface area contributed by atoms with Gasteiger partial charge in [-0.1, -0.05) is 39.3 Å². The van der Waals surface area contributed by atoms with Gasteiger partial charge in [-0.15, -0.1) is 0 Å². The number of benzene rings is 1. The number of hydrogen-bond acceptors (Lipinski definition) is 2. The number of nitrogens with zero attached hydrogens (tertiary/aromatic N) is 1. The summed E-state index contributed by atoms with van der Waals surface area (Å²) < 4.78 is 5.97. The fraction of sp³-hybridized carbons (Fsp3) is 0.727. The molecule has 0 saturated carbocycles. The van der Waals surface area contributed by atoms with Crippen LogP contribution in [0.25, 0.3) is 0 Å². The maximum Gasteiger partial charge on any atom is 0.119 e. The van der Waals surface area contributed by atoms with Gasteiger partial charge in [-0.3, -0.25) is 4.90 Å². The van der Waals surface area contributed by atoms with E-state index in [4.69, 9.17) is 4.74 Å². The lowest BCUT2D eigenvalue weighted by molar-refractivity contribution is 0.0532. The molecule has 1 unspecified atom stereocenters. The standard InChI is InChI=1S/C19H31NO.C3H8/c1-15-8-7-9-17(12-15)21-14-16(2)13-20-18(3,4)10-11-19(20,5)6;1-3-2/h7-9,12,16H,10-11,13-14H2,1-6H3;3H2,1-2H3. The minimum absolute atomic E-state index is 0.307. The highest BCUT2D eigenvalue weighted by molar-refractivity contribution is 5.27. The smallest absolute Gasteiger partial charge is 0.119 e. The second kappa shape index (κ2) is 8.89. The molecule has 1 fully saturated rings. The van der Waals surface area contributed by atoms with Crippen LogP contribution in [-0.2, 0) is 0 Å². The lowest BCUT2D eigenvalue weighted by atomic mass is 10.0. The number of rotatable bonds is 5. The van der Waals surface area contributed by atoms with Gasteiger partial charge in [0.2, 0.25) is 0 Å². The van der Waals surface area contributed by atoms with Gasteiger partial charge < -0.3 is 4.74 Å². The van der Waals surface area contributed by atoms with Crippen LogP contribution in [0, 0.1) is 12.8 Å². The average Bonchev–Trinajstić information content (AvgIpc) is 2.69. The summed E-state index contributed by atoms with van der Waals surface area (Å²) in [6, 6.07) is 8.31. The molecular formula is C22H39NO. The van der Waals surface area contributed by atoms with E-state index in [1.54, 1.807) is 0 Å². The summed E-state index contributed by atoms with van der Waals surface area (Å²) in [5.74, 6) is 1.52. The normalized spacial score (nSPS) is 20.2. The van der Waals surface area contributed by atoms with E-state index in [9.17, 15) is 0 Å². The van der Waals surface area contributed by atoms with Gasteiger partial charge in [0.25, 0.3) is 0 Å². The Labute approximate surface area is 150 Å². The molecule has 1 saturated heterocycles. The van der Waals surface area contributed by atoms with Crippen molar-refractivity contribution >= 4 is 0 Å². The fourth-order valence-electron chi connectivity index (χ4n) is 3.50. The SMILES string of the molecule is CCC.Cc1cccc(OCC(C)CN2C(C)(C)CCC2(C)C)c1. The summed E-state index contributed by atoms with van der Waals surface area (Å²) in [5, 5.41) is 0. The van der Waals surface area contributed by atoms with E-state index in [2.05, 4.69) is 78.5 Å². The molecule has 1 aromatic carbocycles. The van der Waals surface area contributed by atoms with Crippen LogP contribution in [0.3, 0.4) is 0 Å². The summed E-state index contributed by atoms with van der Waals surface area (Å²) in [5.41, 5.74) is 1.87. The third kappa shape index (κ3) is 6.12. The summed E-state index contributed by atoms with van der Waals surface area (Å²) in [7, 11) is 0. The number of likely N-dealkylation sites (tertiary alicyclic amines) is 1. The second-order valence-corrected chi connectivity index (χ2v) is 8.68. The van der Waals surface area contributed by atoms with Crippen molar-refractivity contribution in [2.24, 2.45) is 5.92 Å². The van der Waals surface area contributed by atoms with E-state index in [1.165, 1.54) is 24.8 Å². The zero-order chi connectivity index (χ0) is 18.4. The van der Waals surface area contributed by atoms with Crippen molar-refractivity contribution in [2.45, 2.75) is 85.7 Å². The average molecular weight is 334 g/mol. The lowest BCUT2D eigenvalue weighted by Gasteiger charge is -2.42. The zero-order valence-electron chi connectivity index (χ0n) is 17.3. The molecule has 1 aliphatic rings. The summed E-state index contributed by atoms with van der Waals surface area (Å²) in [4.78, 5) is 2.67. The van der Waals surface area contributed by atoms with Gasteiger partial charge in [-0.05, 0) is 65.2 Å². The Bertz CT molecular complexity index is 476. The largest absolute Gasteiger partial charge is 0.493 e. The maximum atomic E-state index is 5.97. The minimum Gasteiger partial charge on any atom is -0.493 e. The molecule has 0 aliphatic carbocycles. The van der Waals surface area contributed by atoms with E-state index < -0.39 is 0 Å². The van der Waals surface area contributed by atoms with E-state index in [-0.39, 0.29) is 0 Å². The van der Waals surface area contributed by atoms with Gasteiger partial charge in [0, 0.05) is 23.5 Å². The van der Waals surface area contributed by atoms with Gasteiger partial charge in [0.05, 0.1) is 6.61 Å². The highest BCUT2D eigenvalue weighted by Gasteiger charge is 2.44. The predicted molar refractivity (Wildman–Crippen MR) is 106 cm³/mol. The molecule has 0 amide bonds. The molecule has 2 nitrogen and oxygen atoms in total. The first-order valence-electron chi connectivity index (χ1n) is 9.59. The van der Waals surface area contributed by atoms with Crippen LogP contribution in [0.15, 0.2) is 24.3 Å². The molecule has 0 aromatic heterocycles. The molecule has 2 rings (SSSR count). The van der Waals surface area contributed by atoms with E-state index >= 15 is 0 Å². The van der Waals surface area contributed by atoms with Gasteiger partial charge in [0.15, 0.2) is 0 Å². The number of ether oxygens (including phenoxy) is 1. The Balaban J connectivity index is 0.000000891. The van der Waals surface area contributed by atoms with E-state index in [1.807, 2.05) is 6.07 Å². The summed E-state index contributed by atoms with van der Waals surface area (Å²) in [6.45, 7) is 20.0.